The average Bonchev–Trinajstić information content (AvgIpc) is 2.76. The number of hydrogen-bond donors (Lipinski definition) is 2. The molecule has 7 heteroatoms. The van der Waals surface area contributed by atoms with E-state index in [9.17, 15) is 18.0 Å². The monoisotopic (exact) mass is 238 g/mol. The van der Waals surface area contributed by atoms with Crippen molar-refractivity contribution in [2.75, 3.05) is 6.61 Å². The van der Waals surface area contributed by atoms with Gasteiger partial charge in [-0.3, -0.25) is 9.63 Å². The number of carbonyl (C=O) groups excluding carboxylic acids is 1. The first-order chi connectivity index (χ1) is 7.46. The van der Waals surface area contributed by atoms with E-state index in [1.54, 1.807) is 0 Å². The van der Waals surface area contributed by atoms with E-state index < -0.39 is 18.7 Å². The van der Waals surface area contributed by atoms with Crippen molar-refractivity contribution in [2.45, 2.75) is 37.5 Å². The molecule has 2 heterocycles. The zero-order valence-electron chi connectivity index (χ0n) is 8.51. The van der Waals surface area contributed by atoms with Crippen LogP contribution in [0.15, 0.2) is 0 Å². The Morgan fingerprint density at radius 3 is 2.69 bits per heavy atom. The number of amides is 1. The molecule has 2 fully saturated rings. The molecular weight excluding hydrogens is 225 g/mol. The highest BCUT2D eigenvalue weighted by atomic mass is 19.4. The number of hydrogen-bond acceptors (Lipinski definition) is 3. The standard InChI is InChI=1S/C9H13F3N2O2/c10-9(11,12)4-16-14-8(15)6-3-5-1-2-7(6)13-5/h5-7,13H,1-4H2,(H,14,15). The molecule has 0 saturated carbocycles. The first kappa shape index (κ1) is 11.7. The zero-order valence-corrected chi connectivity index (χ0v) is 8.51. The van der Waals surface area contributed by atoms with Crippen molar-refractivity contribution in [1.82, 2.24) is 10.8 Å². The lowest BCUT2D eigenvalue weighted by Crippen LogP contribution is -2.39. The number of halogens is 3. The maximum absolute atomic E-state index is 11.7. The average molecular weight is 238 g/mol. The Kier molecular flexibility index (Phi) is 3.07. The second-order valence-electron chi connectivity index (χ2n) is 4.26. The fourth-order valence-electron chi connectivity index (χ4n) is 2.38. The molecule has 0 aromatic rings. The third-order valence-electron chi connectivity index (χ3n) is 3.05. The summed E-state index contributed by atoms with van der Waals surface area (Å²) >= 11 is 0. The number of rotatable bonds is 3. The van der Waals surface area contributed by atoms with E-state index >= 15 is 0 Å². The van der Waals surface area contributed by atoms with Crippen molar-refractivity contribution < 1.29 is 22.8 Å². The fourth-order valence-corrected chi connectivity index (χ4v) is 2.38. The van der Waals surface area contributed by atoms with E-state index in [0.29, 0.717) is 12.5 Å². The molecule has 2 rings (SSSR count). The molecule has 1 amide bonds. The minimum absolute atomic E-state index is 0.0967. The van der Waals surface area contributed by atoms with E-state index in [1.165, 1.54) is 0 Å². The summed E-state index contributed by atoms with van der Waals surface area (Å²) < 4.78 is 35.2. The van der Waals surface area contributed by atoms with Crippen LogP contribution in [0.5, 0.6) is 0 Å². The predicted molar refractivity (Wildman–Crippen MR) is 48.2 cm³/mol. The smallest absolute Gasteiger partial charge is 0.310 e. The molecule has 16 heavy (non-hydrogen) atoms. The van der Waals surface area contributed by atoms with Crippen LogP contribution < -0.4 is 10.8 Å². The van der Waals surface area contributed by atoms with Gasteiger partial charge in [0.1, 0.15) is 0 Å². The summed E-state index contributed by atoms with van der Waals surface area (Å²) in [6, 6.07) is 0.433. The third-order valence-corrected chi connectivity index (χ3v) is 3.05. The van der Waals surface area contributed by atoms with E-state index in [0.717, 1.165) is 12.8 Å². The summed E-state index contributed by atoms with van der Waals surface area (Å²) in [5, 5.41) is 3.23. The summed E-state index contributed by atoms with van der Waals surface area (Å²) in [4.78, 5) is 15.6. The van der Waals surface area contributed by atoms with Crippen molar-refractivity contribution in [1.29, 1.82) is 0 Å². The van der Waals surface area contributed by atoms with Gasteiger partial charge in [0, 0.05) is 12.1 Å². The van der Waals surface area contributed by atoms with Crippen LogP contribution in [0.1, 0.15) is 19.3 Å². The largest absolute Gasteiger partial charge is 0.414 e. The van der Waals surface area contributed by atoms with Crippen molar-refractivity contribution in [3.63, 3.8) is 0 Å². The molecule has 4 nitrogen and oxygen atoms in total. The fraction of sp³-hybridized carbons (Fsp3) is 0.889. The Balaban J connectivity index is 1.73. The minimum atomic E-state index is -4.42. The molecule has 0 aromatic carbocycles. The molecule has 92 valence electrons. The van der Waals surface area contributed by atoms with Gasteiger partial charge in [-0.05, 0) is 19.3 Å². The quantitative estimate of drug-likeness (QED) is 0.713. The van der Waals surface area contributed by atoms with Crippen LogP contribution in [0.4, 0.5) is 13.2 Å². The second-order valence-corrected chi connectivity index (χ2v) is 4.26. The number of fused-ring (bicyclic) bond motifs is 2. The molecule has 0 radical (unpaired) electrons. The highest BCUT2D eigenvalue weighted by molar-refractivity contribution is 5.79. The highest BCUT2D eigenvalue weighted by Crippen LogP contribution is 2.33. The lowest BCUT2D eigenvalue weighted by Gasteiger charge is -2.19. The summed E-state index contributed by atoms with van der Waals surface area (Å²) in [5.74, 6) is -0.712. The van der Waals surface area contributed by atoms with Crippen LogP contribution in [-0.2, 0) is 9.63 Å². The van der Waals surface area contributed by atoms with Gasteiger partial charge >= 0.3 is 6.18 Å². The normalized spacial score (nSPS) is 33.1. The van der Waals surface area contributed by atoms with Crippen LogP contribution in [0, 0.1) is 5.92 Å². The predicted octanol–water partition coefficient (Wildman–Crippen LogP) is 0.737. The van der Waals surface area contributed by atoms with Crippen LogP contribution in [-0.4, -0.2) is 30.8 Å². The summed E-state index contributed by atoms with van der Waals surface area (Å²) in [7, 11) is 0. The van der Waals surface area contributed by atoms with Gasteiger partial charge in [0.15, 0.2) is 6.61 Å². The molecule has 0 aromatic heterocycles. The van der Waals surface area contributed by atoms with Crippen LogP contribution >= 0.6 is 0 Å². The minimum Gasteiger partial charge on any atom is -0.310 e. The van der Waals surface area contributed by atoms with Gasteiger partial charge in [-0.15, -0.1) is 0 Å². The maximum atomic E-state index is 11.7. The third kappa shape index (κ3) is 2.65. The Hall–Kier alpha value is -0.820. The summed E-state index contributed by atoms with van der Waals surface area (Å²) in [6.45, 7) is -1.45. The molecule has 0 aliphatic carbocycles. The maximum Gasteiger partial charge on any atom is 0.414 e. The van der Waals surface area contributed by atoms with Gasteiger partial charge in [0.2, 0.25) is 5.91 Å². The number of hydroxylamine groups is 1. The van der Waals surface area contributed by atoms with Crippen molar-refractivity contribution in [2.24, 2.45) is 5.92 Å². The Morgan fingerprint density at radius 1 is 1.44 bits per heavy atom. The summed E-state index contributed by atoms with van der Waals surface area (Å²) in [6.07, 6.45) is -1.79. The molecule has 2 bridgehead atoms. The first-order valence-corrected chi connectivity index (χ1v) is 5.20. The topological polar surface area (TPSA) is 50.4 Å². The highest BCUT2D eigenvalue weighted by Gasteiger charge is 2.43. The Morgan fingerprint density at radius 2 is 2.19 bits per heavy atom. The van der Waals surface area contributed by atoms with E-state index in [1.807, 2.05) is 5.48 Å². The van der Waals surface area contributed by atoms with Gasteiger partial charge in [0.05, 0.1) is 5.92 Å². The van der Waals surface area contributed by atoms with Gasteiger partial charge < -0.3 is 5.32 Å². The van der Waals surface area contributed by atoms with Gasteiger partial charge in [-0.25, -0.2) is 5.48 Å². The van der Waals surface area contributed by atoms with Crippen molar-refractivity contribution in [3.8, 4) is 0 Å². The van der Waals surface area contributed by atoms with E-state index in [-0.39, 0.29) is 12.0 Å². The number of carbonyl (C=O) groups is 1. The molecule has 2 aliphatic heterocycles. The molecule has 3 atom stereocenters. The number of nitrogens with one attached hydrogen (secondary N) is 2. The van der Waals surface area contributed by atoms with Gasteiger partial charge in [-0.1, -0.05) is 0 Å². The Labute approximate surface area is 90.5 Å². The van der Waals surface area contributed by atoms with Gasteiger partial charge in [0.25, 0.3) is 0 Å². The van der Waals surface area contributed by atoms with Crippen molar-refractivity contribution in [3.05, 3.63) is 0 Å². The molecular formula is C9H13F3N2O2. The Bertz CT molecular complexity index is 282. The SMILES string of the molecule is O=C(NOCC(F)(F)F)C1CC2CCC1N2. The lowest BCUT2D eigenvalue weighted by molar-refractivity contribution is -0.193. The van der Waals surface area contributed by atoms with Crippen molar-refractivity contribution >= 4 is 5.91 Å². The zero-order chi connectivity index (χ0) is 11.8. The number of alkyl halides is 3. The molecule has 3 unspecified atom stereocenters. The summed E-state index contributed by atoms with van der Waals surface area (Å²) in [5.41, 5.74) is 1.87. The first-order valence-electron chi connectivity index (χ1n) is 5.20. The van der Waals surface area contributed by atoms with E-state index in [2.05, 4.69) is 10.2 Å². The van der Waals surface area contributed by atoms with Gasteiger partial charge in [-0.2, -0.15) is 13.2 Å². The molecule has 2 saturated heterocycles. The molecule has 2 N–H and O–H groups in total. The second kappa shape index (κ2) is 4.21. The molecule has 2 aliphatic rings. The molecule has 0 spiro atoms. The van der Waals surface area contributed by atoms with Crippen LogP contribution in [0.2, 0.25) is 0 Å². The van der Waals surface area contributed by atoms with Crippen LogP contribution in [0.3, 0.4) is 0 Å². The van der Waals surface area contributed by atoms with E-state index in [4.69, 9.17) is 0 Å². The van der Waals surface area contributed by atoms with Crippen LogP contribution in [0.25, 0.3) is 0 Å². The lowest BCUT2D eigenvalue weighted by atomic mass is 9.89.